The molecule has 2 nitrogen and oxygen atoms in total. The monoisotopic (exact) mass is 220 g/mol. The average Bonchev–Trinajstić information content (AvgIpc) is 2.35. The van der Waals surface area contributed by atoms with Crippen LogP contribution in [-0.2, 0) is 4.79 Å². The fraction of sp³-hybridized carbons (Fsp3) is 0.875. The summed E-state index contributed by atoms with van der Waals surface area (Å²) in [5.74, 6) is -0.727. The van der Waals surface area contributed by atoms with Crippen molar-refractivity contribution in [2.24, 2.45) is 5.41 Å². The molecule has 0 bridgehead atoms. The summed E-state index contributed by atoms with van der Waals surface area (Å²) < 4.78 is 0. The summed E-state index contributed by atoms with van der Waals surface area (Å²) in [5.41, 5.74) is -0.00810. The predicted molar refractivity (Wildman–Crippen MR) is 46.9 cm³/mol. The zero-order valence-electron chi connectivity index (χ0n) is 6.64. The minimum atomic E-state index is -0.727. The average molecular weight is 221 g/mol. The van der Waals surface area contributed by atoms with Crippen LogP contribution in [0, 0.1) is 5.41 Å². The number of hydrogen-bond donors (Lipinski definition) is 1. The van der Waals surface area contributed by atoms with E-state index in [1.54, 1.807) is 0 Å². The van der Waals surface area contributed by atoms with Crippen molar-refractivity contribution < 1.29 is 9.90 Å². The lowest BCUT2D eigenvalue weighted by Crippen LogP contribution is -2.31. The van der Waals surface area contributed by atoms with E-state index in [4.69, 9.17) is 5.11 Å². The number of hydrogen-bond acceptors (Lipinski definition) is 1. The van der Waals surface area contributed by atoms with Gasteiger partial charge in [0.1, 0.15) is 4.83 Å². The van der Waals surface area contributed by atoms with Crippen LogP contribution in [0.3, 0.4) is 0 Å². The Hall–Kier alpha value is -0.0500. The van der Waals surface area contributed by atoms with Crippen molar-refractivity contribution in [2.75, 3.05) is 0 Å². The highest BCUT2D eigenvalue weighted by Gasteiger charge is 2.39. The maximum atomic E-state index is 10.6. The zero-order chi connectivity index (χ0) is 8.48. The van der Waals surface area contributed by atoms with Crippen LogP contribution in [0.4, 0.5) is 0 Å². The molecule has 0 aromatic carbocycles. The van der Waals surface area contributed by atoms with Crippen LogP contribution in [-0.4, -0.2) is 15.9 Å². The highest BCUT2D eigenvalue weighted by atomic mass is 79.9. The molecule has 1 rings (SSSR count). The standard InChI is InChI=1S/C8H13BrO2/c1-8(4-2-3-5-8)6(9)7(10)11/h6H,2-5H2,1H3,(H,10,11). The summed E-state index contributed by atoms with van der Waals surface area (Å²) in [6, 6.07) is 0. The second-order valence-electron chi connectivity index (χ2n) is 3.56. The van der Waals surface area contributed by atoms with Gasteiger partial charge in [-0.05, 0) is 18.3 Å². The molecular weight excluding hydrogens is 208 g/mol. The molecule has 3 heteroatoms. The molecular formula is C8H13BrO2. The third-order valence-corrected chi connectivity index (χ3v) is 4.07. The van der Waals surface area contributed by atoms with E-state index in [2.05, 4.69) is 15.9 Å². The molecule has 1 N–H and O–H groups in total. The number of aliphatic carboxylic acids is 1. The molecule has 0 amide bonds. The van der Waals surface area contributed by atoms with Crippen LogP contribution in [0.5, 0.6) is 0 Å². The first-order valence-corrected chi connectivity index (χ1v) is 4.85. The number of alkyl halides is 1. The first kappa shape index (κ1) is 9.04. The van der Waals surface area contributed by atoms with Crippen LogP contribution in [0.25, 0.3) is 0 Å². The summed E-state index contributed by atoms with van der Waals surface area (Å²) in [7, 11) is 0. The van der Waals surface area contributed by atoms with Gasteiger partial charge in [-0.15, -0.1) is 0 Å². The number of halogens is 1. The Morgan fingerprint density at radius 1 is 1.55 bits per heavy atom. The van der Waals surface area contributed by atoms with E-state index >= 15 is 0 Å². The second-order valence-corrected chi connectivity index (χ2v) is 4.48. The van der Waals surface area contributed by atoms with Crippen molar-refractivity contribution in [3.8, 4) is 0 Å². The Morgan fingerprint density at radius 2 is 2.00 bits per heavy atom. The normalized spacial score (nSPS) is 24.9. The number of rotatable bonds is 2. The Morgan fingerprint density at radius 3 is 2.36 bits per heavy atom. The molecule has 0 aromatic rings. The quantitative estimate of drug-likeness (QED) is 0.727. The van der Waals surface area contributed by atoms with Crippen LogP contribution in [0.1, 0.15) is 32.6 Å². The van der Waals surface area contributed by atoms with Crippen molar-refractivity contribution in [2.45, 2.75) is 37.4 Å². The van der Waals surface area contributed by atoms with Crippen molar-refractivity contribution in [1.82, 2.24) is 0 Å². The molecule has 0 heterocycles. The second kappa shape index (κ2) is 3.13. The Kier molecular flexibility index (Phi) is 2.58. The lowest BCUT2D eigenvalue weighted by atomic mass is 9.85. The van der Waals surface area contributed by atoms with Gasteiger partial charge in [-0.1, -0.05) is 35.7 Å². The molecule has 64 valence electrons. The van der Waals surface area contributed by atoms with E-state index in [0.29, 0.717) is 0 Å². The summed E-state index contributed by atoms with van der Waals surface area (Å²) in [6.45, 7) is 2.05. The van der Waals surface area contributed by atoms with E-state index in [1.807, 2.05) is 6.92 Å². The lowest BCUT2D eigenvalue weighted by molar-refractivity contribution is -0.138. The minimum absolute atomic E-state index is 0.00810. The van der Waals surface area contributed by atoms with Gasteiger partial charge in [0.2, 0.25) is 0 Å². The van der Waals surface area contributed by atoms with E-state index in [1.165, 1.54) is 12.8 Å². The van der Waals surface area contributed by atoms with Crippen LogP contribution in [0.2, 0.25) is 0 Å². The Labute approximate surface area is 75.1 Å². The topological polar surface area (TPSA) is 37.3 Å². The summed E-state index contributed by atoms with van der Waals surface area (Å²) >= 11 is 3.23. The zero-order valence-corrected chi connectivity index (χ0v) is 8.23. The van der Waals surface area contributed by atoms with Gasteiger partial charge in [0.25, 0.3) is 0 Å². The Bertz CT molecular complexity index is 161. The van der Waals surface area contributed by atoms with Gasteiger partial charge in [0.05, 0.1) is 0 Å². The fourth-order valence-corrected chi connectivity index (χ4v) is 2.19. The van der Waals surface area contributed by atoms with Gasteiger partial charge in [0, 0.05) is 0 Å². The first-order chi connectivity index (χ1) is 5.06. The summed E-state index contributed by atoms with van der Waals surface area (Å²) in [6.07, 6.45) is 4.42. The molecule has 11 heavy (non-hydrogen) atoms. The van der Waals surface area contributed by atoms with Gasteiger partial charge in [0.15, 0.2) is 0 Å². The van der Waals surface area contributed by atoms with Crippen molar-refractivity contribution in [3.05, 3.63) is 0 Å². The molecule has 0 spiro atoms. The third kappa shape index (κ3) is 1.75. The molecule has 0 aromatic heterocycles. The largest absolute Gasteiger partial charge is 0.480 e. The van der Waals surface area contributed by atoms with Crippen LogP contribution >= 0.6 is 15.9 Å². The molecule has 0 aliphatic heterocycles. The smallest absolute Gasteiger partial charge is 0.317 e. The molecule has 1 unspecified atom stereocenters. The number of carboxylic acid groups (broad SMARTS) is 1. The molecule has 0 saturated heterocycles. The fourth-order valence-electron chi connectivity index (χ4n) is 1.73. The first-order valence-electron chi connectivity index (χ1n) is 3.93. The lowest BCUT2D eigenvalue weighted by Gasteiger charge is -2.26. The molecule has 1 aliphatic carbocycles. The SMILES string of the molecule is CC1(C(Br)C(=O)O)CCCC1. The summed E-state index contributed by atoms with van der Waals surface area (Å²) in [5, 5.41) is 8.76. The maximum absolute atomic E-state index is 10.6. The predicted octanol–water partition coefficient (Wildman–Crippen LogP) is 2.41. The van der Waals surface area contributed by atoms with Gasteiger partial charge >= 0.3 is 5.97 Å². The van der Waals surface area contributed by atoms with Gasteiger partial charge < -0.3 is 5.11 Å². The maximum Gasteiger partial charge on any atom is 0.317 e. The number of carboxylic acids is 1. The van der Waals surface area contributed by atoms with E-state index in [0.717, 1.165) is 12.8 Å². The van der Waals surface area contributed by atoms with Gasteiger partial charge in [-0.2, -0.15) is 0 Å². The Balaban J connectivity index is 2.63. The molecule has 1 atom stereocenters. The van der Waals surface area contributed by atoms with Crippen LogP contribution < -0.4 is 0 Å². The van der Waals surface area contributed by atoms with Gasteiger partial charge in [-0.3, -0.25) is 4.79 Å². The number of carbonyl (C=O) groups is 1. The van der Waals surface area contributed by atoms with Crippen molar-refractivity contribution in [1.29, 1.82) is 0 Å². The molecule has 1 saturated carbocycles. The van der Waals surface area contributed by atoms with E-state index in [9.17, 15) is 4.79 Å². The van der Waals surface area contributed by atoms with Gasteiger partial charge in [-0.25, -0.2) is 0 Å². The molecule has 1 fully saturated rings. The van der Waals surface area contributed by atoms with E-state index in [-0.39, 0.29) is 10.2 Å². The highest BCUT2D eigenvalue weighted by molar-refractivity contribution is 9.10. The van der Waals surface area contributed by atoms with Crippen molar-refractivity contribution in [3.63, 3.8) is 0 Å². The van der Waals surface area contributed by atoms with Crippen molar-refractivity contribution >= 4 is 21.9 Å². The minimum Gasteiger partial charge on any atom is -0.480 e. The molecule has 1 aliphatic rings. The molecule has 0 radical (unpaired) electrons. The van der Waals surface area contributed by atoms with Crippen LogP contribution in [0.15, 0.2) is 0 Å². The third-order valence-electron chi connectivity index (χ3n) is 2.57. The van der Waals surface area contributed by atoms with E-state index < -0.39 is 5.97 Å². The summed E-state index contributed by atoms with van der Waals surface area (Å²) in [4.78, 5) is 10.3. The highest BCUT2D eigenvalue weighted by Crippen LogP contribution is 2.43.